The Kier molecular flexibility index (Phi) is 10.7. The van der Waals surface area contributed by atoms with Crippen LogP contribution in [0, 0.1) is 5.92 Å². The fourth-order valence-electron chi connectivity index (χ4n) is 5.72. The maximum absolute atomic E-state index is 14.2. The molecule has 43 heavy (non-hydrogen) atoms. The number of ether oxygens (including phenoxy) is 2. The second kappa shape index (κ2) is 14.4. The van der Waals surface area contributed by atoms with Gasteiger partial charge in [-0.3, -0.25) is 14.5 Å². The lowest BCUT2D eigenvalue weighted by Gasteiger charge is -2.39. The maximum Gasteiger partial charge on any atom is 0.410 e. The third-order valence-corrected chi connectivity index (χ3v) is 7.96. The lowest BCUT2D eigenvalue weighted by atomic mass is 9.94. The van der Waals surface area contributed by atoms with Crippen LogP contribution in [0.15, 0.2) is 60.7 Å². The second-order valence-corrected chi connectivity index (χ2v) is 12.4. The first-order chi connectivity index (χ1) is 20.5. The highest BCUT2D eigenvalue weighted by Crippen LogP contribution is 2.26. The molecule has 10 heteroatoms. The van der Waals surface area contributed by atoms with Crippen molar-refractivity contribution in [2.24, 2.45) is 11.7 Å². The minimum Gasteiger partial charge on any atom is -0.445 e. The van der Waals surface area contributed by atoms with Crippen molar-refractivity contribution in [1.82, 2.24) is 14.7 Å². The molecule has 2 aliphatic rings. The summed E-state index contributed by atoms with van der Waals surface area (Å²) >= 11 is 0. The van der Waals surface area contributed by atoms with Crippen molar-refractivity contribution in [2.45, 2.75) is 77.2 Å². The van der Waals surface area contributed by atoms with E-state index in [0.29, 0.717) is 45.3 Å². The molecule has 4 amide bonds. The largest absolute Gasteiger partial charge is 0.445 e. The molecule has 0 bridgehead atoms. The lowest BCUT2D eigenvalue weighted by molar-refractivity contribution is -0.141. The summed E-state index contributed by atoms with van der Waals surface area (Å²) in [6.07, 6.45) is 1.76. The Balaban J connectivity index is 1.58. The van der Waals surface area contributed by atoms with Gasteiger partial charge < -0.3 is 25.0 Å². The van der Waals surface area contributed by atoms with E-state index in [1.54, 1.807) is 4.90 Å². The van der Waals surface area contributed by atoms with E-state index < -0.39 is 29.7 Å². The van der Waals surface area contributed by atoms with Gasteiger partial charge in [-0.05, 0) is 63.5 Å². The molecule has 2 atom stereocenters. The predicted octanol–water partition coefficient (Wildman–Crippen LogP) is 4.36. The molecule has 2 aliphatic heterocycles. The van der Waals surface area contributed by atoms with Crippen molar-refractivity contribution >= 4 is 24.0 Å². The Morgan fingerprint density at radius 2 is 1.51 bits per heavy atom. The summed E-state index contributed by atoms with van der Waals surface area (Å²) < 4.78 is 11.3. The Morgan fingerprint density at radius 3 is 2.09 bits per heavy atom. The number of hydrogen-bond acceptors (Lipinski definition) is 6. The molecular formula is C33H44N4O6. The number of primary amides is 1. The van der Waals surface area contributed by atoms with Gasteiger partial charge in [0.05, 0.1) is 0 Å². The minimum atomic E-state index is -0.894. The highest BCUT2D eigenvalue weighted by molar-refractivity contribution is 5.91. The molecule has 2 fully saturated rings. The molecule has 232 valence electrons. The van der Waals surface area contributed by atoms with Crippen LogP contribution in [-0.4, -0.2) is 82.6 Å². The van der Waals surface area contributed by atoms with E-state index in [2.05, 4.69) is 0 Å². The first-order valence-corrected chi connectivity index (χ1v) is 15.1. The highest BCUT2D eigenvalue weighted by Gasteiger charge is 2.41. The van der Waals surface area contributed by atoms with Crippen LogP contribution in [0.25, 0.3) is 0 Å². The zero-order valence-electron chi connectivity index (χ0n) is 25.4. The van der Waals surface area contributed by atoms with E-state index in [4.69, 9.17) is 15.2 Å². The zero-order chi connectivity index (χ0) is 31.0. The molecule has 2 saturated heterocycles. The van der Waals surface area contributed by atoms with Crippen molar-refractivity contribution < 1.29 is 28.7 Å². The van der Waals surface area contributed by atoms with E-state index in [9.17, 15) is 19.2 Å². The molecule has 4 rings (SSSR count). The van der Waals surface area contributed by atoms with Crippen molar-refractivity contribution in [3.05, 3.63) is 71.8 Å². The minimum absolute atomic E-state index is 0.0274. The van der Waals surface area contributed by atoms with Crippen molar-refractivity contribution in [3.63, 3.8) is 0 Å². The third kappa shape index (κ3) is 8.95. The van der Waals surface area contributed by atoms with Gasteiger partial charge in [0.1, 0.15) is 24.3 Å². The summed E-state index contributed by atoms with van der Waals surface area (Å²) in [6.45, 7) is 7.22. The zero-order valence-corrected chi connectivity index (χ0v) is 25.4. The van der Waals surface area contributed by atoms with Crippen LogP contribution < -0.4 is 5.73 Å². The first-order valence-electron chi connectivity index (χ1n) is 15.1. The van der Waals surface area contributed by atoms with Gasteiger partial charge in [0.25, 0.3) is 0 Å². The van der Waals surface area contributed by atoms with Crippen molar-refractivity contribution in [3.8, 4) is 0 Å². The van der Waals surface area contributed by atoms with Gasteiger partial charge in [0, 0.05) is 32.6 Å². The number of hydrogen-bond donors (Lipinski definition) is 1. The number of carbonyl (C=O) groups is 4. The molecule has 0 aromatic heterocycles. The van der Waals surface area contributed by atoms with E-state index in [0.717, 1.165) is 11.1 Å². The number of piperidine rings is 1. The van der Waals surface area contributed by atoms with Crippen LogP contribution in [0.4, 0.5) is 9.59 Å². The van der Waals surface area contributed by atoms with E-state index in [1.807, 2.05) is 81.4 Å². The summed E-state index contributed by atoms with van der Waals surface area (Å²) in [5.74, 6) is -0.829. The average molecular weight is 593 g/mol. The second-order valence-electron chi connectivity index (χ2n) is 12.4. The van der Waals surface area contributed by atoms with Crippen LogP contribution >= 0.6 is 0 Å². The molecule has 0 saturated carbocycles. The first kappa shape index (κ1) is 31.8. The van der Waals surface area contributed by atoms with Gasteiger partial charge in [-0.25, -0.2) is 9.59 Å². The molecule has 0 aliphatic carbocycles. The van der Waals surface area contributed by atoms with Crippen LogP contribution in [0.1, 0.15) is 57.6 Å². The van der Waals surface area contributed by atoms with Gasteiger partial charge in [-0.2, -0.15) is 0 Å². The highest BCUT2D eigenvalue weighted by atomic mass is 16.6. The summed E-state index contributed by atoms with van der Waals surface area (Å²) in [4.78, 5) is 57.7. The molecule has 0 unspecified atom stereocenters. The SMILES string of the molecule is CC(C)(C)OC(=O)N1CCC(CN(C(=O)OCc2ccccc2)[C@H](Cc2ccccc2)C(=O)N2CCC[C@H]2C(N)=O)CC1. The van der Waals surface area contributed by atoms with Crippen LogP contribution in [-0.2, 0) is 32.1 Å². The summed E-state index contributed by atoms with van der Waals surface area (Å²) in [5.41, 5.74) is 6.80. The smallest absolute Gasteiger partial charge is 0.410 e. The molecular weight excluding hydrogens is 548 g/mol. The number of amides is 4. The molecule has 2 aromatic carbocycles. The van der Waals surface area contributed by atoms with Crippen molar-refractivity contribution in [1.29, 1.82) is 0 Å². The predicted molar refractivity (Wildman–Crippen MR) is 162 cm³/mol. The normalized spacial score (nSPS) is 18.2. The van der Waals surface area contributed by atoms with Gasteiger partial charge in [-0.15, -0.1) is 0 Å². The lowest BCUT2D eigenvalue weighted by Crippen LogP contribution is -2.56. The monoisotopic (exact) mass is 592 g/mol. The van der Waals surface area contributed by atoms with Gasteiger partial charge >= 0.3 is 12.2 Å². The summed E-state index contributed by atoms with van der Waals surface area (Å²) in [6, 6.07) is 17.3. The fraction of sp³-hybridized carbons (Fsp3) is 0.515. The standard InChI is InChI=1S/C33H44N4O6/c1-33(2,3)43-31(40)35-19-16-25(17-20-35)22-37(32(41)42-23-26-13-8-5-9-14-26)28(21-24-11-6-4-7-12-24)30(39)36-18-10-15-27(36)29(34)38/h4-9,11-14,25,27-28H,10,15-23H2,1-3H3,(H2,34,38)/t27-,28+/m0/s1. The summed E-state index contributed by atoms with van der Waals surface area (Å²) in [5, 5.41) is 0. The number of likely N-dealkylation sites (tertiary alicyclic amines) is 2. The fourth-order valence-corrected chi connectivity index (χ4v) is 5.72. The number of nitrogens with two attached hydrogens (primary N) is 1. The van der Waals surface area contributed by atoms with Gasteiger partial charge in [-0.1, -0.05) is 60.7 Å². The number of rotatable bonds is 9. The Morgan fingerprint density at radius 1 is 0.907 bits per heavy atom. The van der Waals surface area contributed by atoms with Crippen LogP contribution in [0.2, 0.25) is 0 Å². The molecule has 0 radical (unpaired) electrons. The maximum atomic E-state index is 14.2. The van der Waals surface area contributed by atoms with E-state index >= 15 is 0 Å². The Bertz CT molecular complexity index is 1240. The molecule has 2 aromatic rings. The number of nitrogens with zero attached hydrogens (tertiary/aromatic N) is 3. The Labute approximate surface area is 254 Å². The van der Waals surface area contributed by atoms with E-state index in [1.165, 1.54) is 9.80 Å². The van der Waals surface area contributed by atoms with E-state index in [-0.39, 0.29) is 37.5 Å². The summed E-state index contributed by atoms with van der Waals surface area (Å²) in [7, 11) is 0. The number of benzene rings is 2. The quantitative estimate of drug-likeness (QED) is 0.462. The van der Waals surface area contributed by atoms with Crippen LogP contribution in [0.3, 0.4) is 0 Å². The number of carbonyl (C=O) groups excluding carboxylic acids is 4. The molecule has 2 heterocycles. The van der Waals surface area contributed by atoms with Crippen molar-refractivity contribution in [2.75, 3.05) is 26.2 Å². The van der Waals surface area contributed by atoms with Crippen LogP contribution in [0.5, 0.6) is 0 Å². The van der Waals surface area contributed by atoms with Gasteiger partial charge in [0.15, 0.2) is 0 Å². The topological polar surface area (TPSA) is 122 Å². The molecule has 2 N–H and O–H groups in total. The molecule has 0 spiro atoms. The molecule has 10 nitrogen and oxygen atoms in total. The third-order valence-electron chi connectivity index (χ3n) is 7.96. The van der Waals surface area contributed by atoms with Gasteiger partial charge in [0.2, 0.25) is 11.8 Å². The average Bonchev–Trinajstić information content (AvgIpc) is 3.48. The Hall–Kier alpha value is -4.08.